The van der Waals surface area contributed by atoms with Crippen molar-refractivity contribution in [2.75, 3.05) is 19.6 Å². The molecule has 5 rings (SSSR count). The molecule has 3 aromatic rings. The number of hydrogen-bond donors (Lipinski definition) is 1. The van der Waals surface area contributed by atoms with Gasteiger partial charge in [0.2, 0.25) is 11.8 Å². The summed E-state index contributed by atoms with van der Waals surface area (Å²) in [5.41, 5.74) is 4.48. The summed E-state index contributed by atoms with van der Waals surface area (Å²) in [6.45, 7) is 2.16. The molecule has 2 aliphatic heterocycles. The number of nitrogens with one attached hydrogen (secondary N) is 1. The predicted molar refractivity (Wildman–Crippen MR) is 122 cm³/mol. The normalized spacial score (nSPS) is 18.6. The molecule has 1 saturated heterocycles. The lowest BCUT2D eigenvalue weighted by atomic mass is 9.92. The number of aromatic nitrogens is 1. The van der Waals surface area contributed by atoms with E-state index in [1.165, 1.54) is 10.9 Å². The summed E-state index contributed by atoms with van der Waals surface area (Å²) in [5, 5.41) is 1.89. The Balaban J connectivity index is 1.43. The number of carbonyl (C=O) groups excluding carboxylic acids is 2. The Morgan fingerprint density at radius 3 is 2.77 bits per heavy atom. The van der Waals surface area contributed by atoms with Gasteiger partial charge in [-0.15, -0.1) is 0 Å². The van der Waals surface area contributed by atoms with Crippen molar-refractivity contribution in [2.45, 2.75) is 38.1 Å². The minimum absolute atomic E-state index is 0.126. The van der Waals surface area contributed by atoms with Gasteiger partial charge in [0.1, 0.15) is 0 Å². The van der Waals surface area contributed by atoms with Crippen LogP contribution in [0.25, 0.3) is 10.9 Å². The maximum absolute atomic E-state index is 13.3. The number of rotatable bonds is 5. The average molecular weight is 436 g/mol. The largest absolute Gasteiger partial charge is 0.356 e. The molecule has 6 heteroatoms. The summed E-state index contributed by atoms with van der Waals surface area (Å²) in [5.74, 6) is 0.339. The highest BCUT2D eigenvalue weighted by Crippen LogP contribution is 2.39. The minimum atomic E-state index is -0.184. The smallest absolute Gasteiger partial charge is 0.223 e. The van der Waals surface area contributed by atoms with E-state index in [0.717, 1.165) is 36.2 Å². The number of benzene rings is 2. The zero-order valence-corrected chi connectivity index (χ0v) is 18.2. The molecular formula is C25H26ClN3O2. The molecule has 0 radical (unpaired) electrons. The van der Waals surface area contributed by atoms with Gasteiger partial charge in [0.05, 0.1) is 6.04 Å². The fourth-order valence-electron chi connectivity index (χ4n) is 5.04. The van der Waals surface area contributed by atoms with E-state index in [1.54, 1.807) is 0 Å². The second-order valence-corrected chi connectivity index (χ2v) is 8.88. The molecule has 2 aromatic carbocycles. The van der Waals surface area contributed by atoms with E-state index in [9.17, 15) is 9.59 Å². The zero-order chi connectivity index (χ0) is 21.4. The fourth-order valence-corrected chi connectivity index (χ4v) is 5.24. The number of likely N-dealkylation sites (tertiary alicyclic amines) is 1. The van der Waals surface area contributed by atoms with E-state index in [0.29, 0.717) is 37.4 Å². The van der Waals surface area contributed by atoms with Gasteiger partial charge >= 0.3 is 0 Å². The van der Waals surface area contributed by atoms with Crippen LogP contribution in [0.3, 0.4) is 0 Å². The molecule has 0 aliphatic carbocycles. The van der Waals surface area contributed by atoms with Crippen molar-refractivity contribution in [1.82, 2.24) is 14.8 Å². The molecule has 1 N–H and O–H groups in total. The van der Waals surface area contributed by atoms with E-state index < -0.39 is 0 Å². The van der Waals surface area contributed by atoms with E-state index in [-0.39, 0.29) is 17.9 Å². The Kier molecular flexibility index (Phi) is 5.45. The highest BCUT2D eigenvalue weighted by atomic mass is 35.5. The molecule has 5 nitrogen and oxygen atoms in total. The quantitative estimate of drug-likeness (QED) is 0.631. The third-order valence-corrected chi connectivity index (χ3v) is 6.74. The predicted octanol–water partition coefficient (Wildman–Crippen LogP) is 4.70. The zero-order valence-electron chi connectivity index (χ0n) is 17.4. The van der Waals surface area contributed by atoms with Crippen LogP contribution in [0.1, 0.15) is 48.5 Å². The number of amides is 2. The first kappa shape index (κ1) is 20.1. The van der Waals surface area contributed by atoms with E-state index >= 15 is 0 Å². The van der Waals surface area contributed by atoms with E-state index in [2.05, 4.69) is 23.2 Å². The van der Waals surface area contributed by atoms with Crippen LogP contribution >= 0.6 is 11.6 Å². The molecule has 2 amide bonds. The first-order chi connectivity index (χ1) is 15.1. The second-order valence-electron chi connectivity index (χ2n) is 8.45. The van der Waals surface area contributed by atoms with Gasteiger partial charge in [-0.1, -0.05) is 41.9 Å². The van der Waals surface area contributed by atoms with Gasteiger partial charge in [-0.3, -0.25) is 9.59 Å². The summed E-state index contributed by atoms with van der Waals surface area (Å²) >= 11 is 6.32. The molecular weight excluding hydrogens is 410 g/mol. The van der Waals surface area contributed by atoms with Crippen molar-refractivity contribution in [3.8, 4) is 0 Å². The highest BCUT2D eigenvalue weighted by molar-refractivity contribution is 6.30. The van der Waals surface area contributed by atoms with Crippen molar-refractivity contribution < 1.29 is 9.59 Å². The average Bonchev–Trinajstić information content (AvgIpc) is 3.36. The lowest BCUT2D eigenvalue weighted by molar-refractivity contribution is -0.134. The summed E-state index contributed by atoms with van der Waals surface area (Å²) in [4.78, 5) is 32.6. The number of carbonyl (C=O) groups is 2. The van der Waals surface area contributed by atoms with Gasteiger partial charge in [0.25, 0.3) is 0 Å². The Morgan fingerprint density at radius 1 is 1.10 bits per heavy atom. The van der Waals surface area contributed by atoms with Crippen LogP contribution in [0.4, 0.5) is 0 Å². The van der Waals surface area contributed by atoms with Gasteiger partial charge < -0.3 is 14.8 Å². The monoisotopic (exact) mass is 435 g/mol. The maximum atomic E-state index is 13.3. The molecule has 0 saturated carbocycles. The Morgan fingerprint density at radius 2 is 1.97 bits per heavy atom. The van der Waals surface area contributed by atoms with Crippen LogP contribution < -0.4 is 0 Å². The van der Waals surface area contributed by atoms with Gasteiger partial charge in [0.15, 0.2) is 0 Å². The Bertz CT molecular complexity index is 1140. The molecule has 0 spiro atoms. The minimum Gasteiger partial charge on any atom is -0.356 e. The van der Waals surface area contributed by atoms with Crippen molar-refractivity contribution >= 4 is 34.3 Å². The first-order valence-electron chi connectivity index (χ1n) is 11.0. The molecule has 1 unspecified atom stereocenters. The lowest BCUT2D eigenvalue weighted by Crippen LogP contribution is -2.41. The van der Waals surface area contributed by atoms with E-state index in [4.69, 9.17) is 11.6 Å². The van der Waals surface area contributed by atoms with Gasteiger partial charge in [-0.25, -0.2) is 0 Å². The van der Waals surface area contributed by atoms with Gasteiger partial charge in [0, 0.05) is 54.1 Å². The van der Waals surface area contributed by atoms with Gasteiger partial charge in [-0.05, 0) is 48.6 Å². The van der Waals surface area contributed by atoms with Crippen molar-refractivity contribution in [3.05, 3.63) is 70.4 Å². The molecule has 1 fully saturated rings. The van der Waals surface area contributed by atoms with Gasteiger partial charge in [-0.2, -0.15) is 0 Å². The molecule has 2 aliphatic rings. The number of fused-ring (bicyclic) bond motifs is 3. The third-order valence-electron chi connectivity index (χ3n) is 6.51. The lowest BCUT2D eigenvalue weighted by Gasteiger charge is -2.36. The summed E-state index contributed by atoms with van der Waals surface area (Å²) in [6.07, 6.45) is 3.53. The maximum Gasteiger partial charge on any atom is 0.223 e. The number of aromatic amines is 1. The van der Waals surface area contributed by atoms with Crippen LogP contribution in [-0.2, 0) is 16.0 Å². The molecule has 3 heterocycles. The van der Waals surface area contributed by atoms with Crippen molar-refractivity contribution in [3.63, 3.8) is 0 Å². The summed E-state index contributed by atoms with van der Waals surface area (Å²) < 4.78 is 0. The standard InChI is InChI=1S/C25H26ClN3O2/c26-18-7-3-6-17(16-18)25-24-20(19-8-1-2-9-21(19)27-24)12-15-29(25)23(31)11-5-14-28-13-4-10-22(28)30/h1-3,6-9,16,25,27H,4-5,10-15H2. The summed E-state index contributed by atoms with van der Waals surface area (Å²) in [7, 11) is 0. The number of halogens is 1. The third kappa shape index (κ3) is 3.83. The Hall–Kier alpha value is -2.79. The molecule has 31 heavy (non-hydrogen) atoms. The molecule has 0 bridgehead atoms. The van der Waals surface area contributed by atoms with Crippen LogP contribution in [-0.4, -0.2) is 46.2 Å². The van der Waals surface area contributed by atoms with Crippen LogP contribution in [0.15, 0.2) is 48.5 Å². The first-order valence-corrected chi connectivity index (χ1v) is 11.4. The van der Waals surface area contributed by atoms with Crippen LogP contribution in [0.2, 0.25) is 5.02 Å². The number of hydrogen-bond acceptors (Lipinski definition) is 2. The number of nitrogens with zero attached hydrogens (tertiary/aromatic N) is 2. The molecule has 1 aromatic heterocycles. The van der Waals surface area contributed by atoms with Crippen LogP contribution in [0, 0.1) is 0 Å². The molecule has 160 valence electrons. The van der Waals surface area contributed by atoms with Crippen molar-refractivity contribution in [2.24, 2.45) is 0 Å². The summed E-state index contributed by atoms with van der Waals surface area (Å²) in [6, 6.07) is 15.9. The SMILES string of the molecule is O=C1CCCN1CCCC(=O)N1CCc2c([nH]c3ccccc23)C1c1cccc(Cl)c1. The topological polar surface area (TPSA) is 56.4 Å². The molecule has 1 atom stereocenters. The fraction of sp³-hybridized carbons (Fsp3) is 0.360. The van der Waals surface area contributed by atoms with Crippen molar-refractivity contribution in [1.29, 1.82) is 0 Å². The van der Waals surface area contributed by atoms with E-state index in [1.807, 2.05) is 40.1 Å². The second kappa shape index (κ2) is 8.39. The number of para-hydroxylation sites is 1. The Labute approximate surface area is 187 Å². The van der Waals surface area contributed by atoms with Crippen LogP contribution in [0.5, 0.6) is 0 Å². The highest BCUT2D eigenvalue weighted by Gasteiger charge is 2.34. The number of H-pyrrole nitrogens is 1.